The maximum Gasteiger partial charge on any atom is 0.119 e. The molecule has 0 atom stereocenters. The fourth-order valence-electron chi connectivity index (χ4n) is 2.21. The molecule has 0 aliphatic carbocycles. The highest BCUT2D eigenvalue weighted by Crippen LogP contribution is 2.40. The first-order chi connectivity index (χ1) is 10.4. The van der Waals surface area contributed by atoms with Crippen LogP contribution in [0.15, 0.2) is 58.9 Å². The van der Waals surface area contributed by atoms with Crippen LogP contribution >= 0.6 is 11.8 Å². The van der Waals surface area contributed by atoms with Gasteiger partial charge in [-0.05, 0) is 56.5 Å². The van der Waals surface area contributed by atoms with E-state index in [1.807, 2.05) is 39.0 Å². The number of rotatable bonds is 6. The molecular formula is C19H24O2S. The molecule has 0 radical (unpaired) electrons. The second-order valence-electron chi connectivity index (χ2n) is 6.16. The van der Waals surface area contributed by atoms with E-state index in [1.165, 1.54) is 20.9 Å². The van der Waals surface area contributed by atoms with Crippen molar-refractivity contribution in [2.75, 3.05) is 13.2 Å². The van der Waals surface area contributed by atoms with Crippen molar-refractivity contribution in [2.24, 2.45) is 0 Å². The van der Waals surface area contributed by atoms with E-state index in [1.54, 1.807) is 11.8 Å². The third-order valence-corrected chi connectivity index (χ3v) is 4.54. The molecule has 0 amide bonds. The molecule has 0 aromatic heterocycles. The number of allylic oxidation sites excluding steroid dienone is 3. The first-order valence-electron chi connectivity index (χ1n) is 7.48. The van der Waals surface area contributed by atoms with Gasteiger partial charge in [-0.15, -0.1) is 0 Å². The molecule has 0 fully saturated rings. The third kappa shape index (κ3) is 4.52. The van der Waals surface area contributed by atoms with E-state index in [9.17, 15) is 0 Å². The monoisotopic (exact) mass is 316 g/mol. The van der Waals surface area contributed by atoms with Crippen LogP contribution in [0.25, 0.3) is 0 Å². The van der Waals surface area contributed by atoms with Crippen LogP contribution in [0.3, 0.4) is 0 Å². The predicted molar refractivity (Wildman–Crippen MR) is 94.6 cm³/mol. The Kier molecular flexibility index (Phi) is 5.54. The zero-order chi connectivity index (χ0) is 16.2. The average molecular weight is 316 g/mol. The van der Waals surface area contributed by atoms with Crippen molar-refractivity contribution in [1.82, 2.24) is 0 Å². The second kappa shape index (κ2) is 7.21. The molecule has 0 bridgehead atoms. The number of thioether (sulfide) groups is 1. The summed E-state index contributed by atoms with van der Waals surface area (Å²) in [4.78, 5) is 2.45. The Morgan fingerprint density at radius 1 is 1.18 bits per heavy atom. The number of benzene rings is 1. The van der Waals surface area contributed by atoms with Crippen molar-refractivity contribution in [3.8, 4) is 5.75 Å². The van der Waals surface area contributed by atoms with Gasteiger partial charge >= 0.3 is 0 Å². The zero-order valence-electron chi connectivity index (χ0n) is 13.6. The molecule has 0 N–H and O–H groups in total. The van der Waals surface area contributed by atoms with Gasteiger partial charge in [-0.2, -0.15) is 0 Å². The molecule has 2 nitrogen and oxygen atoms in total. The van der Waals surface area contributed by atoms with Crippen molar-refractivity contribution in [3.05, 3.63) is 59.6 Å². The Labute approximate surface area is 137 Å². The van der Waals surface area contributed by atoms with Crippen molar-refractivity contribution in [2.45, 2.75) is 37.7 Å². The largest absolute Gasteiger partial charge is 0.491 e. The van der Waals surface area contributed by atoms with Crippen LogP contribution in [0.2, 0.25) is 0 Å². The van der Waals surface area contributed by atoms with Gasteiger partial charge in [0.15, 0.2) is 0 Å². The fourth-order valence-corrected chi connectivity index (χ4v) is 3.22. The van der Waals surface area contributed by atoms with Crippen molar-refractivity contribution < 1.29 is 9.47 Å². The van der Waals surface area contributed by atoms with Crippen LogP contribution < -0.4 is 4.74 Å². The summed E-state index contributed by atoms with van der Waals surface area (Å²) < 4.78 is 11.5. The third-order valence-electron chi connectivity index (χ3n) is 3.27. The summed E-state index contributed by atoms with van der Waals surface area (Å²) in [5.74, 6) is 0.891. The van der Waals surface area contributed by atoms with Crippen LogP contribution in [0.5, 0.6) is 5.75 Å². The molecular weight excluding hydrogens is 292 g/mol. The quantitative estimate of drug-likeness (QED) is 0.676. The molecule has 1 aliphatic heterocycles. The Balaban J connectivity index is 1.99. The van der Waals surface area contributed by atoms with E-state index >= 15 is 0 Å². The Hall–Kier alpha value is -1.45. The van der Waals surface area contributed by atoms with Crippen LogP contribution in [0, 0.1) is 0 Å². The van der Waals surface area contributed by atoms with Gasteiger partial charge in [0.25, 0.3) is 0 Å². The lowest BCUT2D eigenvalue weighted by Crippen LogP contribution is -2.22. The summed E-state index contributed by atoms with van der Waals surface area (Å²) in [5, 5.41) is 0. The molecule has 0 unspecified atom stereocenters. The van der Waals surface area contributed by atoms with E-state index in [0.717, 1.165) is 12.2 Å². The van der Waals surface area contributed by atoms with Gasteiger partial charge in [0, 0.05) is 9.80 Å². The Morgan fingerprint density at radius 2 is 1.95 bits per heavy atom. The summed E-state index contributed by atoms with van der Waals surface area (Å²) in [6.07, 6.45) is 4.69. The number of hydrogen-bond donors (Lipinski definition) is 0. The van der Waals surface area contributed by atoms with Gasteiger partial charge in [0.1, 0.15) is 12.4 Å². The van der Waals surface area contributed by atoms with Gasteiger partial charge in [-0.25, -0.2) is 0 Å². The van der Waals surface area contributed by atoms with E-state index < -0.39 is 0 Å². The fraction of sp³-hybridized carbons (Fsp3) is 0.368. The lowest BCUT2D eigenvalue weighted by molar-refractivity contribution is -0.0163. The SMILES string of the molecule is C=CC1=C(C=C)Sc2ccc(OCCOC(C)(C)C)cc2C1. The van der Waals surface area contributed by atoms with E-state index in [-0.39, 0.29) is 5.60 Å². The van der Waals surface area contributed by atoms with Gasteiger partial charge in [-0.1, -0.05) is 37.1 Å². The van der Waals surface area contributed by atoms with Gasteiger partial charge < -0.3 is 9.47 Å². The minimum absolute atomic E-state index is 0.124. The Morgan fingerprint density at radius 3 is 2.59 bits per heavy atom. The van der Waals surface area contributed by atoms with Gasteiger partial charge in [0.05, 0.1) is 12.2 Å². The van der Waals surface area contributed by atoms with Crippen LogP contribution in [0.4, 0.5) is 0 Å². The smallest absolute Gasteiger partial charge is 0.119 e. The summed E-state index contributed by atoms with van der Waals surface area (Å²) in [6, 6.07) is 6.24. The highest BCUT2D eigenvalue weighted by Gasteiger charge is 2.16. The Bertz CT molecular complexity index is 594. The van der Waals surface area contributed by atoms with Gasteiger partial charge in [-0.3, -0.25) is 0 Å². The molecule has 0 saturated carbocycles. The maximum atomic E-state index is 5.79. The summed E-state index contributed by atoms with van der Waals surface area (Å²) >= 11 is 1.74. The minimum atomic E-state index is -0.124. The van der Waals surface area contributed by atoms with E-state index in [0.29, 0.717) is 13.2 Å². The summed E-state index contributed by atoms with van der Waals surface area (Å²) in [6.45, 7) is 15.1. The van der Waals surface area contributed by atoms with E-state index in [2.05, 4.69) is 25.3 Å². The van der Waals surface area contributed by atoms with Crippen molar-refractivity contribution in [1.29, 1.82) is 0 Å². The molecule has 1 aromatic rings. The number of ether oxygens (including phenoxy) is 2. The molecule has 1 heterocycles. The van der Waals surface area contributed by atoms with E-state index in [4.69, 9.17) is 9.47 Å². The lowest BCUT2D eigenvalue weighted by Gasteiger charge is -2.21. The maximum absolute atomic E-state index is 5.79. The molecule has 1 aromatic carbocycles. The predicted octanol–water partition coefficient (Wildman–Crippen LogP) is 5.15. The molecule has 2 rings (SSSR count). The molecule has 22 heavy (non-hydrogen) atoms. The summed E-state index contributed by atoms with van der Waals surface area (Å²) in [5.41, 5.74) is 2.38. The second-order valence-corrected chi connectivity index (χ2v) is 7.24. The lowest BCUT2D eigenvalue weighted by atomic mass is 10.0. The average Bonchev–Trinajstić information content (AvgIpc) is 2.49. The molecule has 0 spiro atoms. The van der Waals surface area contributed by atoms with Crippen molar-refractivity contribution in [3.63, 3.8) is 0 Å². The highest BCUT2D eigenvalue weighted by atomic mass is 32.2. The molecule has 1 aliphatic rings. The van der Waals surface area contributed by atoms with Crippen LogP contribution in [0.1, 0.15) is 26.3 Å². The highest BCUT2D eigenvalue weighted by molar-refractivity contribution is 8.03. The van der Waals surface area contributed by atoms with Crippen LogP contribution in [-0.2, 0) is 11.2 Å². The molecule has 3 heteroatoms. The van der Waals surface area contributed by atoms with Gasteiger partial charge in [0.2, 0.25) is 0 Å². The number of hydrogen-bond acceptors (Lipinski definition) is 3. The summed E-state index contributed by atoms with van der Waals surface area (Å²) in [7, 11) is 0. The minimum Gasteiger partial charge on any atom is -0.491 e. The molecule has 0 saturated heterocycles. The van der Waals surface area contributed by atoms with Crippen LogP contribution in [-0.4, -0.2) is 18.8 Å². The molecule has 118 valence electrons. The normalized spacial score (nSPS) is 14.5. The standard InChI is InChI=1S/C19H24O2S/c1-6-14-12-15-13-16(20-10-11-21-19(3,4)5)8-9-18(15)22-17(14)7-2/h6-9,13H,1-2,10-12H2,3-5H3. The van der Waals surface area contributed by atoms with Crippen molar-refractivity contribution >= 4 is 11.8 Å². The number of fused-ring (bicyclic) bond motifs is 1. The first kappa shape index (κ1) is 16.9. The zero-order valence-corrected chi connectivity index (χ0v) is 14.5. The topological polar surface area (TPSA) is 18.5 Å². The first-order valence-corrected chi connectivity index (χ1v) is 8.30.